The van der Waals surface area contributed by atoms with Crippen molar-refractivity contribution in [3.05, 3.63) is 63.2 Å². The lowest BCUT2D eigenvalue weighted by Gasteiger charge is -2.11. The number of rotatable bonds is 4. The highest BCUT2D eigenvalue weighted by molar-refractivity contribution is 6.39. The molecule has 0 aliphatic carbocycles. The van der Waals surface area contributed by atoms with Gasteiger partial charge in [-0.05, 0) is 36.8 Å². The second-order valence-electron chi connectivity index (χ2n) is 4.92. The van der Waals surface area contributed by atoms with Crippen molar-refractivity contribution >= 4 is 57.9 Å². The molecule has 0 radical (unpaired) electrons. The van der Waals surface area contributed by atoms with Crippen molar-refractivity contribution in [2.24, 2.45) is 0 Å². The molecule has 0 fully saturated rings. The molecule has 1 heterocycles. The lowest BCUT2D eigenvalue weighted by Crippen LogP contribution is -2.03. The number of para-hydroxylation sites is 1. The first-order valence-corrected chi connectivity index (χ1v) is 8.11. The van der Waals surface area contributed by atoms with Crippen LogP contribution in [0.2, 0.25) is 15.1 Å². The van der Waals surface area contributed by atoms with Crippen LogP contribution in [0, 0.1) is 6.92 Å². The minimum Gasteiger partial charge on any atom is -0.336 e. The molecule has 2 N–H and O–H groups in total. The lowest BCUT2D eigenvalue weighted by molar-refractivity contribution is 0.982. The van der Waals surface area contributed by atoms with Crippen molar-refractivity contribution in [3.8, 4) is 0 Å². The maximum Gasteiger partial charge on any atom is 0.249 e. The molecular weight excluding hydrogens is 369 g/mol. The van der Waals surface area contributed by atoms with Crippen molar-refractivity contribution in [3.63, 3.8) is 0 Å². The third-order valence-electron chi connectivity index (χ3n) is 3.29. The number of benzene rings is 2. The van der Waals surface area contributed by atoms with Crippen molar-refractivity contribution in [1.29, 1.82) is 0 Å². The van der Waals surface area contributed by atoms with E-state index in [0.717, 1.165) is 11.3 Å². The average Bonchev–Trinajstić information content (AvgIpc) is 2.56. The molecule has 0 aliphatic rings. The first-order valence-electron chi connectivity index (χ1n) is 6.97. The van der Waals surface area contributed by atoms with Gasteiger partial charge in [0.15, 0.2) is 5.82 Å². The van der Waals surface area contributed by atoms with Gasteiger partial charge in [0.2, 0.25) is 5.95 Å². The molecule has 2 aromatic carbocycles. The van der Waals surface area contributed by atoms with Gasteiger partial charge in [-0.15, -0.1) is 5.10 Å². The van der Waals surface area contributed by atoms with Gasteiger partial charge in [0.05, 0.1) is 21.9 Å². The SMILES string of the molecule is Cc1c(Cl)cccc1Nc1nncc(Nc2c(Cl)cccc2Cl)n1. The molecule has 0 spiro atoms. The Balaban J connectivity index is 1.86. The van der Waals surface area contributed by atoms with E-state index in [2.05, 4.69) is 25.8 Å². The first kappa shape index (κ1) is 16.8. The summed E-state index contributed by atoms with van der Waals surface area (Å²) in [6, 6.07) is 10.8. The van der Waals surface area contributed by atoms with Gasteiger partial charge in [-0.3, -0.25) is 0 Å². The van der Waals surface area contributed by atoms with Gasteiger partial charge in [0.25, 0.3) is 0 Å². The van der Waals surface area contributed by atoms with Crippen LogP contribution >= 0.6 is 34.8 Å². The molecule has 8 heteroatoms. The molecule has 0 bridgehead atoms. The molecular formula is C16H12Cl3N5. The van der Waals surface area contributed by atoms with E-state index in [0.29, 0.717) is 32.5 Å². The van der Waals surface area contributed by atoms with Gasteiger partial charge in [-0.1, -0.05) is 46.9 Å². The van der Waals surface area contributed by atoms with Crippen LogP contribution < -0.4 is 10.6 Å². The second kappa shape index (κ2) is 7.21. The summed E-state index contributed by atoms with van der Waals surface area (Å²) in [7, 11) is 0. The van der Waals surface area contributed by atoms with Gasteiger partial charge in [-0.25, -0.2) is 0 Å². The third-order valence-corrected chi connectivity index (χ3v) is 4.33. The molecule has 122 valence electrons. The monoisotopic (exact) mass is 379 g/mol. The fourth-order valence-electron chi connectivity index (χ4n) is 2.03. The first-order chi connectivity index (χ1) is 11.5. The molecule has 0 atom stereocenters. The van der Waals surface area contributed by atoms with E-state index in [1.54, 1.807) is 18.2 Å². The molecule has 1 aromatic heterocycles. The summed E-state index contributed by atoms with van der Waals surface area (Å²) in [5.41, 5.74) is 2.26. The van der Waals surface area contributed by atoms with Gasteiger partial charge < -0.3 is 10.6 Å². The minimum atomic E-state index is 0.327. The summed E-state index contributed by atoms with van der Waals surface area (Å²) in [5.74, 6) is 0.788. The summed E-state index contributed by atoms with van der Waals surface area (Å²) in [5, 5.41) is 15.7. The van der Waals surface area contributed by atoms with E-state index in [1.165, 1.54) is 6.20 Å². The Kier molecular flexibility index (Phi) is 5.04. The summed E-state index contributed by atoms with van der Waals surface area (Å²) in [6.07, 6.45) is 1.48. The number of halogens is 3. The number of nitrogens with zero attached hydrogens (tertiary/aromatic N) is 3. The Morgan fingerprint density at radius 2 is 1.54 bits per heavy atom. The zero-order chi connectivity index (χ0) is 17.1. The number of aromatic nitrogens is 3. The standard InChI is InChI=1S/C16H12Cl3N5/c1-9-10(17)4-3-7-13(9)21-16-23-14(8-20-24-16)22-15-11(18)5-2-6-12(15)19/h2-8H,1H3,(H2,21,22,23,24). The Hall–Kier alpha value is -2.08. The summed E-state index contributed by atoms with van der Waals surface area (Å²) < 4.78 is 0. The lowest BCUT2D eigenvalue weighted by atomic mass is 10.2. The normalized spacial score (nSPS) is 10.5. The van der Waals surface area contributed by atoms with Crippen LogP contribution in [-0.2, 0) is 0 Å². The Labute approximate surface area is 154 Å². The van der Waals surface area contributed by atoms with Crippen LogP contribution in [0.1, 0.15) is 5.56 Å². The number of anilines is 4. The third kappa shape index (κ3) is 3.70. The molecule has 3 aromatic rings. The van der Waals surface area contributed by atoms with Gasteiger partial charge in [0, 0.05) is 10.7 Å². The summed E-state index contributed by atoms with van der Waals surface area (Å²) in [4.78, 5) is 4.36. The Bertz CT molecular complexity index is 865. The molecule has 3 rings (SSSR count). The van der Waals surface area contributed by atoms with Gasteiger partial charge in [-0.2, -0.15) is 10.1 Å². The minimum absolute atomic E-state index is 0.327. The largest absolute Gasteiger partial charge is 0.336 e. The van der Waals surface area contributed by atoms with Gasteiger partial charge in [0.1, 0.15) is 0 Å². The van der Waals surface area contributed by atoms with E-state index < -0.39 is 0 Å². The van der Waals surface area contributed by atoms with Crippen molar-refractivity contribution < 1.29 is 0 Å². The zero-order valence-electron chi connectivity index (χ0n) is 12.5. The van der Waals surface area contributed by atoms with Crippen LogP contribution in [0.4, 0.5) is 23.1 Å². The highest BCUT2D eigenvalue weighted by Gasteiger charge is 2.09. The van der Waals surface area contributed by atoms with Crippen molar-refractivity contribution in [2.45, 2.75) is 6.92 Å². The molecule has 0 saturated carbocycles. The van der Waals surface area contributed by atoms with E-state index >= 15 is 0 Å². The van der Waals surface area contributed by atoms with E-state index in [9.17, 15) is 0 Å². The molecule has 5 nitrogen and oxygen atoms in total. The topological polar surface area (TPSA) is 62.7 Å². The fourth-order valence-corrected chi connectivity index (χ4v) is 2.69. The highest BCUT2D eigenvalue weighted by Crippen LogP contribution is 2.32. The van der Waals surface area contributed by atoms with E-state index in [1.807, 2.05) is 25.1 Å². The number of hydrogen-bond acceptors (Lipinski definition) is 5. The molecule has 0 amide bonds. The predicted molar refractivity (Wildman–Crippen MR) is 99.0 cm³/mol. The molecule has 24 heavy (non-hydrogen) atoms. The van der Waals surface area contributed by atoms with Crippen molar-refractivity contribution in [1.82, 2.24) is 15.2 Å². The number of nitrogens with one attached hydrogen (secondary N) is 2. The summed E-state index contributed by atoms with van der Waals surface area (Å²) in [6.45, 7) is 1.91. The van der Waals surface area contributed by atoms with Crippen LogP contribution in [0.5, 0.6) is 0 Å². The quantitative estimate of drug-likeness (QED) is 0.614. The zero-order valence-corrected chi connectivity index (χ0v) is 14.8. The maximum absolute atomic E-state index is 6.15. The van der Waals surface area contributed by atoms with Crippen LogP contribution in [0.15, 0.2) is 42.6 Å². The molecule has 0 unspecified atom stereocenters. The van der Waals surface area contributed by atoms with Crippen LogP contribution in [-0.4, -0.2) is 15.2 Å². The van der Waals surface area contributed by atoms with E-state index in [4.69, 9.17) is 34.8 Å². The van der Waals surface area contributed by atoms with Crippen LogP contribution in [0.3, 0.4) is 0 Å². The predicted octanol–water partition coefficient (Wildman–Crippen LogP) is 5.63. The number of hydrogen-bond donors (Lipinski definition) is 2. The Morgan fingerprint density at radius 3 is 2.29 bits per heavy atom. The smallest absolute Gasteiger partial charge is 0.249 e. The van der Waals surface area contributed by atoms with E-state index in [-0.39, 0.29) is 0 Å². The second-order valence-corrected chi connectivity index (χ2v) is 6.15. The summed E-state index contributed by atoms with van der Waals surface area (Å²) >= 11 is 18.4. The van der Waals surface area contributed by atoms with Crippen LogP contribution in [0.25, 0.3) is 0 Å². The molecule has 0 aliphatic heterocycles. The van der Waals surface area contributed by atoms with Gasteiger partial charge >= 0.3 is 0 Å². The highest BCUT2D eigenvalue weighted by atomic mass is 35.5. The maximum atomic E-state index is 6.15. The molecule has 0 saturated heterocycles. The van der Waals surface area contributed by atoms with Crippen molar-refractivity contribution in [2.75, 3.05) is 10.6 Å². The fraction of sp³-hybridized carbons (Fsp3) is 0.0625. The average molecular weight is 381 g/mol. The Morgan fingerprint density at radius 1 is 0.875 bits per heavy atom.